The summed E-state index contributed by atoms with van der Waals surface area (Å²) in [4.78, 5) is 24.1. The number of hydrogen-bond donors (Lipinski definition) is 2. The Kier molecular flexibility index (Phi) is 6.32. The Balaban J connectivity index is 2.54. The van der Waals surface area contributed by atoms with Crippen LogP contribution in [0.2, 0.25) is 5.02 Å². The number of carboxylic acids is 1. The molecule has 0 spiro atoms. The van der Waals surface area contributed by atoms with E-state index in [9.17, 15) is 9.59 Å². The molecule has 1 aromatic carbocycles. The first kappa shape index (κ1) is 15.5. The SMILES string of the molecule is CCCN(CC(=O)O)CC(=O)Nc1cccc(Cl)c1. The summed E-state index contributed by atoms with van der Waals surface area (Å²) in [5, 5.41) is 12.0. The van der Waals surface area contributed by atoms with Gasteiger partial charge in [0.1, 0.15) is 0 Å². The molecule has 0 radical (unpaired) electrons. The van der Waals surface area contributed by atoms with Gasteiger partial charge < -0.3 is 10.4 Å². The molecular weight excluding hydrogens is 268 g/mol. The number of nitrogens with zero attached hydrogens (tertiary/aromatic N) is 1. The highest BCUT2D eigenvalue weighted by Gasteiger charge is 2.13. The molecule has 1 rings (SSSR count). The predicted octanol–water partition coefficient (Wildman–Crippen LogP) is 2.08. The maximum absolute atomic E-state index is 11.8. The molecule has 0 fully saturated rings. The van der Waals surface area contributed by atoms with E-state index < -0.39 is 5.97 Å². The average Bonchev–Trinajstić information content (AvgIpc) is 2.27. The molecule has 19 heavy (non-hydrogen) atoms. The van der Waals surface area contributed by atoms with Crippen LogP contribution < -0.4 is 5.32 Å². The van der Waals surface area contributed by atoms with Crippen LogP contribution in [-0.4, -0.2) is 41.5 Å². The van der Waals surface area contributed by atoms with Gasteiger partial charge in [-0.3, -0.25) is 14.5 Å². The first-order valence-corrected chi connectivity index (χ1v) is 6.38. The molecule has 6 heteroatoms. The lowest BCUT2D eigenvalue weighted by atomic mass is 10.3. The second-order valence-electron chi connectivity index (χ2n) is 4.16. The van der Waals surface area contributed by atoms with Crippen LogP contribution in [0.5, 0.6) is 0 Å². The lowest BCUT2D eigenvalue weighted by Crippen LogP contribution is -2.37. The van der Waals surface area contributed by atoms with Crippen molar-refractivity contribution >= 4 is 29.2 Å². The number of benzene rings is 1. The molecule has 1 amide bonds. The van der Waals surface area contributed by atoms with Crippen molar-refractivity contribution in [1.82, 2.24) is 4.90 Å². The molecule has 2 N–H and O–H groups in total. The molecule has 0 unspecified atom stereocenters. The van der Waals surface area contributed by atoms with Crippen molar-refractivity contribution in [2.45, 2.75) is 13.3 Å². The van der Waals surface area contributed by atoms with E-state index in [1.54, 1.807) is 29.2 Å². The van der Waals surface area contributed by atoms with Crippen LogP contribution in [0.3, 0.4) is 0 Å². The van der Waals surface area contributed by atoms with Crippen LogP contribution in [0.4, 0.5) is 5.69 Å². The number of aliphatic carboxylic acids is 1. The Morgan fingerprint density at radius 1 is 1.37 bits per heavy atom. The van der Waals surface area contributed by atoms with Gasteiger partial charge in [-0.15, -0.1) is 0 Å². The third-order valence-electron chi connectivity index (χ3n) is 2.37. The maximum Gasteiger partial charge on any atom is 0.317 e. The molecule has 1 aromatic rings. The number of nitrogens with one attached hydrogen (secondary N) is 1. The molecule has 0 saturated heterocycles. The minimum Gasteiger partial charge on any atom is -0.480 e. The molecule has 0 aliphatic carbocycles. The van der Waals surface area contributed by atoms with Crippen LogP contribution in [0.25, 0.3) is 0 Å². The van der Waals surface area contributed by atoms with Crippen molar-refractivity contribution in [2.75, 3.05) is 25.0 Å². The smallest absolute Gasteiger partial charge is 0.317 e. The molecule has 0 bridgehead atoms. The molecule has 0 aliphatic rings. The fraction of sp³-hybridized carbons (Fsp3) is 0.385. The van der Waals surface area contributed by atoms with Crippen molar-refractivity contribution in [3.8, 4) is 0 Å². The average molecular weight is 285 g/mol. The molecule has 0 saturated carbocycles. The van der Waals surface area contributed by atoms with Gasteiger partial charge in [0.25, 0.3) is 0 Å². The molecule has 0 aliphatic heterocycles. The maximum atomic E-state index is 11.8. The summed E-state index contributed by atoms with van der Waals surface area (Å²) < 4.78 is 0. The van der Waals surface area contributed by atoms with Gasteiger partial charge in [-0.1, -0.05) is 24.6 Å². The molecular formula is C13H17ClN2O3. The quantitative estimate of drug-likeness (QED) is 0.804. The van der Waals surface area contributed by atoms with E-state index in [2.05, 4.69) is 5.32 Å². The first-order chi connectivity index (χ1) is 9.01. The number of rotatable bonds is 7. The zero-order valence-electron chi connectivity index (χ0n) is 10.7. The van der Waals surface area contributed by atoms with E-state index in [0.717, 1.165) is 6.42 Å². The van der Waals surface area contributed by atoms with Crippen molar-refractivity contribution in [3.63, 3.8) is 0 Å². The largest absolute Gasteiger partial charge is 0.480 e. The van der Waals surface area contributed by atoms with Crippen LogP contribution in [0.15, 0.2) is 24.3 Å². The second-order valence-corrected chi connectivity index (χ2v) is 4.60. The summed E-state index contributed by atoms with van der Waals surface area (Å²) in [5.41, 5.74) is 0.601. The molecule has 104 valence electrons. The molecule has 0 atom stereocenters. The lowest BCUT2D eigenvalue weighted by molar-refractivity contribution is -0.138. The number of carboxylic acid groups (broad SMARTS) is 1. The first-order valence-electron chi connectivity index (χ1n) is 6.01. The summed E-state index contributed by atoms with van der Waals surface area (Å²) in [6.07, 6.45) is 0.789. The highest BCUT2D eigenvalue weighted by Crippen LogP contribution is 2.14. The van der Waals surface area contributed by atoms with Gasteiger partial charge in [0.2, 0.25) is 5.91 Å². The number of halogens is 1. The van der Waals surface area contributed by atoms with E-state index in [1.165, 1.54) is 0 Å². The Labute approximate surface area is 117 Å². The number of anilines is 1. The Hall–Kier alpha value is -1.59. The summed E-state index contributed by atoms with van der Waals surface area (Å²) in [5.74, 6) is -1.19. The Morgan fingerprint density at radius 3 is 2.68 bits per heavy atom. The van der Waals surface area contributed by atoms with Crippen molar-refractivity contribution in [3.05, 3.63) is 29.3 Å². The Morgan fingerprint density at radius 2 is 2.11 bits per heavy atom. The number of amides is 1. The van der Waals surface area contributed by atoms with Crippen LogP contribution in [0, 0.1) is 0 Å². The van der Waals surface area contributed by atoms with Crippen LogP contribution in [0.1, 0.15) is 13.3 Å². The highest BCUT2D eigenvalue weighted by molar-refractivity contribution is 6.30. The number of carbonyl (C=O) groups is 2. The second kappa shape index (κ2) is 7.76. The van der Waals surface area contributed by atoms with E-state index in [1.807, 2.05) is 6.92 Å². The highest BCUT2D eigenvalue weighted by atomic mass is 35.5. The Bertz CT molecular complexity index is 451. The van der Waals surface area contributed by atoms with Crippen molar-refractivity contribution in [2.24, 2.45) is 0 Å². The molecule has 0 heterocycles. The third-order valence-corrected chi connectivity index (χ3v) is 2.61. The summed E-state index contributed by atoms with van der Waals surface area (Å²) in [6, 6.07) is 6.82. The van der Waals surface area contributed by atoms with Crippen molar-refractivity contribution in [1.29, 1.82) is 0 Å². The van der Waals surface area contributed by atoms with Gasteiger partial charge in [-0.05, 0) is 31.2 Å². The van der Waals surface area contributed by atoms with Gasteiger partial charge in [0.15, 0.2) is 0 Å². The van der Waals surface area contributed by atoms with Crippen molar-refractivity contribution < 1.29 is 14.7 Å². The number of carbonyl (C=O) groups excluding carboxylic acids is 1. The van der Waals surface area contributed by atoms with E-state index in [-0.39, 0.29) is 19.0 Å². The summed E-state index contributed by atoms with van der Waals surface area (Å²) in [6.45, 7) is 2.41. The minimum atomic E-state index is -0.941. The zero-order valence-corrected chi connectivity index (χ0v) is 11.5. The zero-order chi connectivity index (χ0) is 14.3. The molecule has 5 nitrogen and oxygen atoms in total. The predicted molar refractivity (Wildman–Crippen MR) is 74.4 cm³/mol. The number of hydrogen-bond acceptors (Lipinski definition) is 3. The third kappa shape index (κ3) is 6.22. The van der Waals surface area contributed by atoms with Gasteiger partial charge in [-0.2, -0.15) is 0 Å². The van der Waals surface area contributed by atoms with E-state index in [0.29, 0.717) is 17.3 Å². The standard InChI is InChI=1S/C13H17ClN2O3/c1-2-6-16(9-13(18)19)8-12(17)15-11-5-3-4-10(14)7-11/h3-5,7H,2,6,8-9H2,1H3,(H,15,17)(H,18,19). The van der Waals surface area contributed by atoms with Gasteiger partial charge in [0, 0.05) is 10.7 Å². The monoisotopic (exact) mass is 284 g/mol. The van der Waals surface area contributed by atoms with Crippen LogP contribution >= 0.6 is 11.6 Å². The van der Waals surface area contributed by atoms with Gasteiger partial charge >= 0.3 is 5.97 Å². The lowest BCUT2D eigenvalue weighted by Gasteiger charge is -2.18. The fourth-order valence-corrected chi connectivity index (χ4v) is 1.88. The minimum absolute atomic E-state index is 0.0483. The van der Waals surface area contributed by atoms with Gasteiger partial charge in [-0.25, -0.2) is 0 Å². The van der Waals surface area contributed by atoms with Crippen LogP contribution in [-0.2, 0) is 9.59 Å². The topological polar surface area (TPSA) is 69.6 Å². The molecule has 0 aromatic heterocycles. The summed E-state index contributed by atoms with van der Waals surface area (Å²) >= 11 is 5.81. The van der Waals surface area contributed by atoms with E-state index in [4.69, 9.17) is 16.7 Å². The van der Waals surface area contributed by atoms with Gasteiger partial charge in [0.05, 0.1) is 13.1 Å². The fourth-order valence-electron chi connectivity index (χ4n) is 1.69. The normalized spacial score (nSPS) is 10.5. The summed E-state index contributed by atoms with van der Waals surface area (Å²) in [7, 11) is 0. The van der Waals surface area contributed by atoms with E-state index >= 15 is 0 Å².